The molecule has 5 nitrogen and oxygen atoms in total. The summed E-state index contributed by atoms with van der Waals surface area (Å²) in [5.74, 6) is 0.714. The van der Waals surface area contributed by atoms with E-state index in [9.17, 15) is 9.90 Å². The molecule has 0 saturated heterocycles. The Morgan fingerprint density at radius 3 is 2.32 bits per heavy atom. The summed E-state index contributed by atoms with van der Waals surface area (Å²) in [6.07, 6.45) is 2.80. The molecule has 1 rings (SSSR count). The van der Waals surface area contributed by atoms with Crippen LogP contribution in [0.4, 0.5) is 4.79 Å². The van der Waals surface area contributed by atoms with E-state index < -0.39 is 23.8 Å². The van der Waals surface area contributed by atoms with Gasteiger partial charge in [-0.1, -0.05) is 57.0 Å². The Kier molecular flexibility index (Phi) is 10.5. The standard InChI is InChI=1S/C23H40N2O3/c1-17(2)11-10-12-18(3)24-16-21(26)20(15-19-13-8-7-9-14-19)25-22(27)28-23(4,5)6/h7-9,13-14,17-18,20-21,24,26H,10-12,15-16H2,1-6H3,(H,25,27)/t18?,20-,21+/m0/s1. The van der Waals surface area contributed by atoms with Crippen LogP contribution >= 0.6 is 0 Å². The van der Waals surface area contributed by atoms with Crippen LogP contribution in [0.15, 0.2) is 30.3 Å². The van der Waals surface area contributed by atoms with Crippen molar-refractivity contribution in [2.45, 2.75) is 91.0 Å². The van der Waals surface area contributed by atoms with Gasteiger partial charge < -0.3 is 20.5 Å². The van der Waals surface area contributed by atoms with Crippen molar-refractivity contribution >= 4 is 6.09 Å². The van der Waals surface area contributed by atoms with Crippen LogP contribution in [0.5, 0.6) is 0 Å². The lowest BCUT2D eigenvalue weighted by molar-refractivity contribution is 0.0420. The minimum Gasteiger partial charge on any atom is -0.444 e. The molecule has 0 fully saturated rings. The van der Waals surface area contributed by atoms with E-state index in [-0.39, 0.29) is 0 Å². The largest absolute Gasteiger partial charge is 0.444 e. The molecule has 0 aliphatic heterocycles. The van der Waals surface area contributed by atoms with Crippen molar-refractivity contribution in [1.82, 2.24) is 10.6 Å². The van der Waals surface area contributed by atoms with Gasteiger partial charge in [0.25, 0.3) is 0 Å². The quantitative estimate of drug-likeness (QED) is 0.525. The summed E-state index contributed by atoms with van der Waals surface area (Å²) < 4.78 is 5.38. The van der Waals surface area contributed by atoms with Gasteiger partial charge in [-0.25, -0.2) is 4.79 Å². The third kappa shape index (κ3) is 11.3. The Morgan fingerprint density at radius 1 is 1.11 bits per heavy atom. The van der Waals surface area contributed by atoms with E-state index in [1.807, 2.05) is 51.1 Å². The average Bonchev–Trinajstić information content (AvgIpc) is 2.58. The molecule has 3 atom stereocenters. The van der Waals surface area contributed by atoms with E-state index in [1.165, 1.54) is 12.8 Å². The number of carbonyl (C=O) groups is 1. The lowest BCUT2D eigenvalue weighted by Crippen LogP contribution is -2.50. The summed E-state index contributed by atoms with van der Waals surface area (Å²) in [6, 6.07) is 9.77. The maximum atomic E-state index is 12.2. The third-order valence-corrected chi connectivity index (χ3v) is 4.56. The predicted molar refractivity (Wildman–Crippen MR) is 115 cm³/mol. The van der Waals surface area contributed by atoms with Crippen LogP contribution in [0.2, 0.25) is 0 Å². The maximum absolute atomic E-state index is 12.2. The lowest BCUT2D eigenvalue weighted by Gasteiger charge is -2.28. The highest BCUT2D eigenvalue weighted by Crippen LogP contribution is 2.11. The fourth-order valence-corrected chi connectivity index (χ4v) is 3.01. The number of carbonyl (C=O) groups excluding carboxylic acids is 1. The number of hydrogen-bond donors (Lipinski definition) is 3. The van der Waals surface area contributed by atoms with Crippen molar-refractivity contribution in [3.05, 3.63) is 35.9 Å². The Hall–Kier alpha value is -1.59. The minimum atomic E-state index is -0.708. The highest BCUT2D eigenvalue weighted by atomic mass is 16.6. The van der Waals surface area contributed by atoms with Crippen molar-refractivity contribution in [2.24, 2.45) is 5.92 Å². The summed E-state index contributed by atoms with van der Waals surface area (Å²) in [4.78, 5) is 12.2. The first-order chi connectivity index (χ1) is 13.1. The van der Waals surface area contributed by atoms with Crippen molar-refractivity contribution in [3.63, 3.8) is 0 Å². The maximum Gasteiger partial charge on any atom is 0.407 e. The summed E-state index contributed by atoms with van der Waals surface area (Å²) in [6.45, 7) is 12.5. The zero-order valence-corrected chi connectivity index (χ0v) is 18.5. The zero-order chi connectivity index (χ0) is 21.2. The van der Waals surface area contributed by atoms with Crippen molar-refractivity contribution in [1.29, 1.82) is 0 Å². The van der Waals surface area contributed by atoms with Gasteiger partial charge in [-0.2, -0.15) is 0 Å². The van der Waals surface area contributed by atoms with Crippen LogP contribution in [0.1, 0.15) is 66.4 Å². The topological polar surface area (TPSA) is 70.6 Å². The molecule has 0 spiro atoms. The van der Waals surface area contributed by atoms with E-state index >= 15 is 0 Å². The van der Waals surface area contributed by atoms with Gasteiger partial charge in [0.2, 0.25) is 0 Å². The van der Waals surface area contributed by atoms with Crippen LogP contribution in [-0.4, -0.2) is 41.5 Å². The molecule has 0 aliphatic rings. The highest BCUT2D eigenvalue weighted by molar-refractivity contribution is 5.68. The number of ether oxygens (including phenoxy) is 1. The molecule has 0 saturated carbocycles. The molecule has 1 aromatic rings. The van der Waals surface area contributed by atoms with E-state index in [4.69, 9.17) is 4.74 Å². The molecule has 0 aromatic heterocycles. The average molecular weight is 393 g/mol. The van der Waals surface area contributed by atoms with Crippen LogP contribution < -0.4 is 10.6 Å². The third-order valence-electron chi connectivity index (χ3n) is 4.56. The van der Waals surface area contributed by atoms with Crippen molar-refractivity contribution in [2.75, 3.05) is 6.54 Å². The lowest BCUT2D eigenvalue weighted by atomic mass is 10.0. The zero-order valence-electron chi connectivity index (χ0n) is 18.5. The van der Waals surface area contributed by atoms with Crippen molar-refractivity contribution in [3.8, 4) is 0 Å². The fourth-order valence-electron chi connectivity index (χ4n) is 3.01. The van der Waals surface area contributed by atoms with Gasteiger partial charge in [0.05, 0.1) is 12.1 Å². The second-order valence-electron chi connectivity index (χ2n) is 9.14. The highest BCUT2D eigenvalue weighted by Gasteiger charge is 2.25. The molecular formula is C23H40N2O3. The molecule has 1 aromatic carbocycles. The monoisotopic (exact) mass is 392 g/mol. The van der Waals surface area contributed by atoms with Crippen LogP contribution in [-0.2, 0) is 11.2 Å². The summed E-state index contributed by atoms with van der Waals surface area (Å²) >= 11 is 0. The molecular weight excluding hydrogens is 352 g/mol. The molecule has 0 heterocycles. The molecule has 0 radical (unpaired) electrons. The molecule has 1 amide bonds. The number of rotatable bonds is 11. The van der Waals surface area contributed by atoms with Crippen LogP contribution in [0.3, 0.4) is 0 Å². The van der Waals surface area contributed by atoms with Gasteiger partial charge >= 0.3 is 6.09 Å². The number of alkyl carbamates (subject to hydrolysis) is 1. The molecule has 1 unspecified atom stereocenters. The first-order valence-corrected chi connectivity index (χ1v) is 10.5. The van der Waals surface area contributed by atoms with Crippen LogP contribution in [0, 0.1) is 5.92 Å². The summed E-state index contributed by atoms with van der Waals surface area (Å²) in [7, 11) is 0. The van der Waals surface area contributed by atoms with E-state index in [2.05, 4.69) is 31.4 Å². The molecule has 5 heteroatoms. The van der Waals surface area contributed by atoms with E-state index in [0.29, 0.717) is 24.9 Å². The van der Waals surface area contributed by atoms with Gasteiger partial charge in [0.1, 0.15) is 5.60 Å². The smallest absolute Gasteiger partial charge is 0.407 e. The number of aliphatic hydroxyl groups is 1. The normalized spacial score (nSPS) is 15.1. The fraction of sp³-hybridized carbons (Fsp3) is 0.696. The molecule has 0 aliphatic carbocycles. The number of hydrogen-bond acceptors (Lipinski definition) is 4. The molecule has 160 valence electrons. The Labute approximate surface area is 171 Å². The summed E-state index contributed by atoms with van der Waals surface area (Å²) in [5, 5.41) is 17.0. The predicted octanol–water partition coefficient (Wildman–Crippen LogP) is 4.29. The Bertz CT molecular complexity index is 555. The Balaban J connectivity index is 2.62. The molecule has 3 N–H and O–H groups in total. The van der Waals surface area contributed by atoms with Gasteiger partial charge in [0, 0.05) is 12.6 Å². The molecule has 0 bridgehead atoms. The molecule has 28 heavy (non-hydrogen) atoms. The van der Waals surface area contributed by atoms with Gasteiger partial charge in [-0.3, -0.25) is 0 Å². The number of aliphatic hydroxyl groups excluding tert-OH is 1. The van der Waals surface area contributed by atoms with E-state index in [0.717, 1.165) is 12.0 Å². The van der Waals surface area contributed by atoms with Gasteiger partial charge in [-0.15, -0.1) is 0 Å². The first kappa shape index (κ1) is 24.4. The van der Waals surface area contributed by atoms with Gasteiger partial charge in [-0.05, 0) is 52.0 Å². The van der Waals surface area contributed by atoms with Crippen molar-refractivity contribution < 1.29 is 14.6 Å². The number of benzene rings is 1. The minimum absolute atomic E-state index is 0.326. The second kappa shape index (κ2) is 12.1. The second-order valence-corrected chi connectivity index (χ2v) is 9.14. The van der Waals surface area contributed by atoms with Gasteiger partial charge in [0.15, 0.2) is 0 Å². The Morgan fingerprint density at radius 2 is 1.75 bits per heavy atom. The number of amides is 1. The number of nitrogens with one attached hydrogen (secondary N) is 2. The van der Waals surface area contributed by atoms with E-state index in [1.54, 1.807) is 0 Å². The summed E-state index contributed by atoms with van der Waals surface area (Å²) in [5.41, 5.74) is 0.489. The van der Waals surface area contributed by atoms with Crippen LogP contribution in [0.25, 0.3) is 0 Å². The first-order valence-electron chi connectivity index (χ1n) is 10.5. The SMILES string of the molecule is CC(C)CCCC(C)NC[C@@H](O)[C@H](Cc1ccccc1)NC(=O)OC(C)(C)C.